The molecule has 3 rings (SSSR count). The molecule has 1 aromatic heterocycles. The minimum atomic E-state index is -0.130. The molecule has 1 aliphatic rings. The average Bonchev–Trinajstić information content (AvgIpc) is 3.21. The fraction of sp³-hybridized carbons (Fsp3) is 0.429. The molecular weight excluding hydrogens is 324 g/mol. The molecule has 1 amide bonds. The van der Waals surface area contributed by atoms with Crippen molar-refractivity contribution in [3.8, 4) is 0 Å². The highest BCUT2D eigenvalue weighted by Gasteiger charge is 2.13. The number of nitrogens with one attached hydrogen (secondary N) is 1. The maximum atomic E-state index is 12.4. The van der Waals surface area contributed by atoms with Crippen molar-refractivity contribution in [2.45, 2.75) is 32.6 Å². The molecule has 1 saturated heterocycles. The molecule has 5 heteroatoms. The Morgan fingerprint density at radius 1 is 1.15 bits per heavy atom. The molecule has 0 radical (unpaired) electrons. The van der Waals surface area contributed by atoms with Crippen LogP contribution in [0.4, 0.5) is 17.2 Å². The Labute approximate surface area is 156 Å². The predicted molar refractivity (Wildman–Crippen MR) is 108 cm³/mol. The van der Waals surface area contributed by atoms with E-state index in [0.717, 1.165) is 44.0 Å². The Morgan fingerprint density at radius 2 is 1.88 bits per heavy atom. The molecule has 0 aliphatic carbocycles. The van der Waals surface area contributed by atoms with Gasteiger partial charge < -0.3 is 15.1 Å². The van der Waals surface area contributed by atoms with Gasteiger partial charge in [-0.05, 0) is 55.7 Å². The molecule has 138 valence electrons. The summed E-state index contributed by atoms with van der Waals surface area (Å²) in [6.45, 7) is 5.39. The molecule has 0 saturated carbocycles. The number of amides is 1. The first-order valence-corrected chi connectivity index (χ1v) is 9.51. The first-order chi connectivity index (χ1) is 12.7. The van der Waals surface area contributed by atoms with E-state index in [-0.39, 0.29) is 5.91 Å². The minimum Gasteiger partial charge on any atom is -0.372 e. The number of pyridine rings is 1. The largest absolute Gasteiger partial charge is 0.372 e. The molecular formula is C21H28N4O. The van der Waals surface area contributed by atoms with E-state index in [0.29, 0.717) is 5.56 Å². The van der Waals surface area contributed by atoms with Crippen LogP contribution in [0.15, 0.2) is 42.6 Å². The van der Waals surface area contributed by atoms with Crippen LogP contribution < -0.4 is 15.1 Å². The van der Waals surface area contributed by atoms with Crippen molar-refractivity contribution in [1.29, 1.82) is 0 Å². The highest BCUT2D eigenvalue weighted by molar-refractivity contribution is 6.04. The maximum absolute atomic E-state index is 12.4. The van der Waals surface area contributed by atoms with Gasteiger partial charge in [0.1, 0.15) is 5.82 Å². The van der Waals surface area contributed by atoms with Gasteiger partial charge in [0.2, 0.25) is 0 Å². The summed E-state index contributed by atoms with van der Waals surface area (Å²) in [7, 11) is 2.03. The second-order valence-electron chi connectivity index (χ2n) is 6.88. The van der Waals surface area contributed by atoms with Crippen molar-refractivity contribution >= 4 is 23.1 Å². The van der Waals surface area contributed by atoms with Crippen LogP contribution in [0.2, 0.25) is 0 Å². The summed E-state index contributed by atoms with van der Waals surface area (Å²) in [5.41, 5.74) is 2.60. The molecule has 2 heterocycles. The lowest BCUT2D eigenvalue weighted by Gasteiger charge is -2.18. The molecule has 1 aromatic carbocycles. The van der Waals surface area contributed by atoms with E-state index in [4.69, 9.17) is 0 Å². The molecule has 0 atom stereocenters. The Hall–Kier alpha value is -2.56. The highest BCUT2D eigenvalue weighted by atomic mass is 16.1. The lowest BCUT2D eigenvalue weighted by atomic mass is 10.2. The topological polar surface area (TPSA) is 48.5 Å². The SMILES string of the molecule is CCCCN(C)c1ccc(C(=O)Nc2ccc(N3CCCC3)cc2)cn1. The third-order valence-electron chi connectivity index (χ3n) is 4.84. The summed E-state index contributed by atoms with van der Waals surface area (Å²) < 4.78 is 0. The van der Waals surface area contributed by atoms with Crippen LogP contribution >= 0.6 is 0 Å². The maximum Gasteiger partial charge on any atom is 0.257 e. The quantitative estimate of drug-likeness (QED) is 0.812. The van der Waals surface area contributed by atoms with Gasteiger partial charge in [-0.1, -0.05) is 13.3 Å². The summed E-state index contributed by atoms with van der Waals surface area (Å²) in [5.74, 6) is 0.763. The second kappa shape index (κ2) is 8.70. The number of hydrogen-bond donors (Lipinski definition) is 1. The van der Waals surface area contributed by atoms with Gasteiger partial charge in [0.25, 0.3) is 5.91 Å². The molecule has 0 bridgehead atoms. The van der Waals surface area contributed by atoms with Gasteiger partial charge in [0, 0.05) is 44.3 Å². The number of rotatable bonds is 7. The van der Waals surface area contributed by atoms with Crippen molar-refractivity contribution in [1.82, 2.24) is 4.98 Å². The summed E-state index contributed by atoms with van der Waals surface area (Å²) in [4.78, 5) is 21.3. The fourth-order valence-electron chi connectivity index (χ4n) is 3.19. The third kappa shape index (κ3) is 4.54. The molecule has 1 fully saturated rings. The zero-order chi connectivity index (χ0) is 18.4. The van der Waals surface area contributed by atoms with Crippen molar-refractivity contribution < 1.29 is 4.79 Å². The smallest absolute Gasteiger partial charge is 0.257 e. The Kier molecular flexibility index (Phi) is 6.10. The number of carbonyl (C=O) groups excluding carboxylic acids is 1. The van der Waals surface area contributed by atoms with E-state index < -0.39 is 0 Å². The number of carbonyl (C=O) groups is 1. The lowest BCUT2D eigenvalue weighted by molar-refractivity contribution is 0.102. The van der Waals surface area contributed by atoms with E-state index in [1.807, 2.05) is 31.3 Å². The first kappa shape index (κ1) is 18.2. The van der Waals surface area contributed by atoms with Gasteiger partial charge in [-0.25, -0.2) is 4.98 Å². The minimum absolute atomic E-state index is 0.130. The van der Waals surface area contributed by atoms with Crippen LogP contribution in [0.25, 0.3) is 0 Å². The number of aromatic nitrogens is 1. The van der Waals surface area contributed by atoms with E-state index in [1.54, 1.807) is 6.20 Å². The van der Waals surface area contributed by atoms with Crippen LogP contribution in [0.3, 0.4) is 0 Å². The standard InChI is InChI=1S/C21H28N4O/c1-3-4-13-24(2)20-12-7-17(16-22-20)21(26)23-18-8-10-19(11-9-18)25-14-5-6-15-25/h7-12,16H,3-6,13-15H2,1-2H3,(H,23,26). The van der Waals surface area contributed by atoms with Crippen LogP contribution in [0.5, 0.6) is 0 Å². The zero-order valence-electron chi connectivity index (χ0n) is 15.7. The van der Waals surface area contributed by atoms with Crippen molar-refractivity contribution in [3.63, 3.8) is 0 Å². The van der Waals surface area contributed by atoms with Gasteiger partial charge in [-0.3, -0.25) is 4.79 Å². The number of benzene rings is 1. The van der Waals surface area contributed by atoms with Gasteiger partial charge in [0.15, 0.2) is 0 Å². The van der Waals surface area contributed by atoms with Gasteiger partial charge in [-0.2, -0.15) is 0 Å². The molecule has 2 aromatic rings. The Morgan fingerprint density at radius 3 is 2.50 bits per heavy atom. The van der Waals surface area contributed by atoms with E-state index in [9.17, 15) is 4.79 Å². The molecule has 0 unspecified atom stereocenters. The normalized spacial score (nSPS) is 13.7. The van der Waals surface area contributed by atoms with Crippen LogP contribution in [-0.4, -0.2) is 37.6 Å². The predicted octanol–water partition coefficient (Wildman–Crippen LogP) is 4.17. The highest BCUT2D eigenvalue weighted by Crippen LogP contribution is 2.22. The third-order valence-corrected chi connectivity index (χ3v) is 4.84. The van der Waals surface area contributed by atoms with Crippen molar-refractivity contribution in [2.75, 3.05) is 41.8 Å². The lowest BCUT2D eigenvalue weighted by Crippen LogP contribution is -2.20. The fourth-order valence-corrected chi connectivity index (χ4v) is 3.19. The number of nitrogens with zero attached hydrogens (tertiary/aromatic N) is 3. The summed E-state index contributed by atoms with van der Waals surface area (Å²) >= 11 is 0. The van der Waals surface area contributed by atoms with Crippen LogP contribution in [0, 0.1) is 0 Å². The molecule has 5 nitrogen and oxygen atoms in total. The Balaban J connectivity index is 1.59. The molecule has 1 aliphatic heterocycles. The van der Waals surface area contributed by atoms with Gasteiger partial charge in [-0.15, -0.1) is 0 Å². The van der Waals surface area contributed by atoms with Gasteiger partial charge >= 0.3 is 0 Å². The zero-order valence-corrected chi connectivity index (χ0v) is 15.7. The van der Waals surface area contributed by atoms with Crippen molar-refractivity contribution in [3.05, 3.63) is 48.2 Å². The van der Waals surface area contributed by atoms with E-state index in [1.165, 1.54) is 18.5 Å². The molecule has 26 heavy (non-hydrogen) atoms. The molecule has 1 N–H and O–H groups in total. The second-order valence-corrected chi connectivity index (χ2v) is 6.88. The number of hydrogen-bond acceptors (Lipinski definition) is 4. The van der Waals surface area contributed by atoms with Crippen LogP contribution in [-0.2, 0) is 0 Å². The van der Waals surface area contributed by atoms with Gasteiger partial charge in [0.05, 0.1) is 5.56 Å². The summed E-state index contributed by atoms with van der Waals surface area (Å²) in [6.07, 6.45) is 6.45. The van der Waals surface area contributed by atoms with Crippen LogP contribution in [0.1, 0.15) is 43.0 Å². The number of anilines is 3. The Bertz CT molecular complexity index is 706. The number of unbranched alkanes of at least 4 members (excludes halogenated alkanes) is 1. The molecule has 0 spiro atoms. The summed E-state index contributed by atoms with van der Waals surface area (Å²) in [6, 6.07) is 11.8. The average molecular weight is 352 g/mol. The van der Waals surface area contributed by atoms with E-state index >= 15 is 0 Å². The first-order valence-electron chi connectivity index (χ1n) is 9.51. The van der Waals surface area contributed by atoms with E-state index in [2.05, 4.69) is 39.2 Å². The monoisotopic (exact) mass is 352 g/mol. The summed E-state index contributed by atoms with van der Waals surface area (Å²) in [5, 5.41) is 2.95. The van der Waals surface area contributed by atoms with Crippen molar-refractivity contribution in [2.24, 2.45) is 0 Å².